The Morgan fingerprint density at radius 1 is 1.06 bits per heavy atom. The third kappa shape index (κ3) is 8.99. The molecule has 2 N–H and O–H groups in total. The minimum atomic E-state index is -0.775. The normalized spacial score (nSPS) is 13.1. The Bertz CT molecular complexity index is 725. The summed E-state index contributed by atoms with van der Waals surface area (Å²) in [6.07, 6.45) is 2.03. The maximum absolute atomic E-state index is 13.2. The summed E-state index contributed by atoms with van der Waals surface area (Å²) in [6, 6.07) is 6.96. The number of amides is 3. The van der Waals surface area contributed by atoms with Crippen LogP contribution in [-0.4, -0.2) is 47.5 Å². The Kier molecular flexibility index (Phi) is 10.5. The summed E-state index contributed by atoms with van der Waals surface area (Å²) in [4.78, 5) is 39.6. The second-order valence-corrected chi connectivity index (χ2v) is 8.73. The van der Waals surface area contributed by atoms with Crippen molar-refractivity contribution in [1.29, 1.82) is 0 Å². The number of rotatable bonds is 10. The fraction of sp³-hybridized carbons (Fsp3) is 0.625. The minimum Gasteiger partial charge on any atom is -0.444 e. The van der Waals surface area contributed by atoms with Crippen LogP contribution in [0, 0.1) is 0 Å². The van der Waals surface area contributed by atoms with E-state index in [2.05, 4.69) is 24.5 Å². The average Bonchev–Trinajstić information content (AvgIpc) is 2.69. The molecule has 2 unspecified atom stereocenters. The van der Waals surface area contributed by atoms with Crippen LogP contribution < -0.4 is 10.6 Å². The van der Waals surface area contributed by atoms with Gasteiger partial charge in [0.15, 0.2) is 0 Å². The predicted molar refractivity (Wildman–Crippen MR) is 123 cm³/mol. The van der Waals surface area contributed by atoms with E-state index in [-0.39, 0.29) is 24.4 Å². The molecule has 0 saturated carbocycles. The SMILES string of the molecule is CCCC(C)NC(=O)C(c1ccc(CC)cc1)N(CC)C(=O)CNC(=O)OC(C)(C)C. The van der Waals surface area contributed by atoms with Crippen molar-refractivity contribution in [3.8, 4) is 0 Å². The van der Waals surface area contributed by atoms with Crippen molar-refractivity contribution in [2.75, 3.05) is 13.1 Å². The molecule has 3 amide bonds. The Morgan fingerprint density at radius 2 is 1.68 bits per heavy atom. The van der Waals surface area contributed by atoms with Crippen LogP contribution >= 0.6 is 0 Å². The summed E-state index contributed by atoms with van der Waals surface area (Å²) < 4.78 is 5.20. The average molecular weight is 434 g/mol. The first-order valence-electron chi connectivity index (χ1n) is 11.2. The Labute approximate surface area is 186 Å². The van der Waals surface area contributed by atoms with Gasteiger partial charge in [0.05, 0.1) is 0 Å². The smallest absolute Gasteiger partial charge is 0.408 e. The summed E-state index contributed by atoms with van der Waals surface area (Å²) in [7, 11) is 0. The molecule has 2 atom stereocenters. The lowest BCUT2D eigenvalue weighted by molar-refractivity contribution is -0.140. The van der Waals surface area contributed by atoms with E-state index in [0.717, 1.165) is 30.4 Å². The molecule has 1 rings (SSSR count). The van der Waals surface area contributed by atoms with E-state index in [1.807, 2.05) is 38.1 Å². The highest BCUT2D eigenvalue weighted by Gasteiger charge is 2.31. The Morgan fingerprint density at radius 3 is 2.16 bits per heavy atom. The van der Waals surface area contributed by atoms with E-state index in [9.17, 15) is 14.4 Å². The number of hydrogen-bond donors (Lipinski definition) is 2. The molecule has 0 heterocycles. The van der Waals surface area contributed by atoms with E-state index in [1.165, 1.54) is 4.90 Å². The van der Waals surface area contributed by atoms with Crippen LogP contribution in [0.1, 0.15) is 78.5 Å². The van der Waals surface area contributed by atoms with Gasteiger partial charge in [-0.05, 0) is 58.6 Å². The number of ether oxygens (including phenoxy) is 1. The van der Waals surface area contributed by atoms with Gasteiger partial charge in [0.1, 0.15) is 18.2 Å². The molecule has 7 heteroatoms. The van der Waals surface area contributed by atoms with Crippen LogP contribution in [-0.2, 0) is 20.7 Å². The first-order valence-corrected chi connectivity index (χ1v) is 11.2. The molecule has 0 fully saturated rings. The molecular weight excluding hydrogens is 394 g/mol. The third-order valence-corrected chi connectivity index (χ3v) is 4.82. The van der Waals surface area contributed by atoms with E-state index in [4.69, 9.17) is 4.74 Å². The van der Waals surface area contributed by atoms with Crippen LogP contribution in [0.25, 0.3) is 0 Å². The highest BCUT2D eigenvalue weighted by atomic mass is 16.6. The van der Waals surface area contributed by atoms with Gasteiger partial charge in [-0.1, -0.05) is 44.5 Å². The van der Waals surface area contributed by atoms with Crippen molar-refractivity contribution in [2.45, 2.75) is 85.4 Å². The Hall–Kier alpha value is -2.57. The largest absolute Gasteiger partial charge is 0.444 e. The zero-order valence-corrected chi connectivity index (χ0v) is 20.1. The van der Waals surface area contributed by atoms with Crippen molar-refractivity contribution < 1.29 is 19.1 Å². The molecule has 0 aliphatic heterocycles. The van der Waals surface area contributed by atoms with Crippen LogP contribution in [0.5, 0.6) is 0 Å². The number of hydrogen-bond acceptors (Lipinski definition) is 4. The number of likely N-dealkylation sites (N-methyl/N-ethyl adjacent to an activating group) is 1. The number of carbonyl (C=O) groups excluding carboxylic acids is 3. The molecule has 0 saturated heterocycles. The van der Waals surface area contributed by atoms with Crippen molar-refractivity contribution in [3.05, 3.63) is 35.4 Å². The lowest BCUT2D eigenvalue weighted by Gasteiger charge is -2.31. The first kappa shape index (κ1) is 26.5. The standard InChI is InChI=1S/C24H39N3O4/c1-8-11-17(4)26-22(29)21(19-14-12-18(9-2)13-15-19)27(10-3)20(28)16-25-23(30)31-24(5,6)7/h12-15,17,21H,8-11,16H2,1-7H3,(H,25,30)(H,26,29). The fourth-order valence-corrected chi connectivity index (χ4v) is 3.30. The summed E-state index contributed by atoms with van der Waals surface area (Å²) in [5, 5.41) is 5.52. The zero-order chi connectivity index (χ0) is 23.6. The van der Waals surface area contributed by atoms with Gasteiger partial charge in [-0.3, -0.25) is 9.59 Å². The number of aryl methyl sites for hydroxylation is 1. The summed E-state index contributed by atoms with van der Waals surface area (Å²) in [5.41, 5.74) is 1.24. The highest BCUT2D eigenvalue weighted by molar-refractivity contribution is 5.90. The predicted octanol–water partition coefficient (Wildman–Crippen LogP) is 3.97. The van der Waals surface area contributed by atoms with Gasteiger partial charge in [0, 0.05) is 12.6 Å². The quantitative estimate of drug-likeness (QED) is 0.584. The van der Waals surface area contributed by atoms with Crippen LogP contribution in [0.2, 0.25) is 0 Å². The molecule has 0 radical (unpaired) electrons. The first-order chi connectivity index (χ1) is 14.5. The molecule has 1 aromatic rings. The van der Waals surface area contributed by atoms with Crippen molar-refractivity contribution in [3.63, 3.8) is 0 Å². The van der Waals surface area contributed by atoms with Gasteiger partial charge in [-0.2, -0.15) is 0 Å². The molecule has 0 aliphatic rings. The number of nitrogens with zero attached hydrogens (tertiary/aromatic N) is 1. The topological polar surface area (TPSA) is 87.7 Å². The van der Waals surface area contributed by atoms with Crippen molar-refractivity contribution >= 4 is 17.9 Å². The van der Waals surface area contributed by atoms with Crippen LogP contribution in [0.4, 0.5) is 4.79 Å². The third-order valence-electron chi connectivity index (χ3n) is 4.82. The van der Waals surface area contributed by atoms with E-state index < -0.39 is 17.7 Å². The number of alkyl carbamates (subject to hydrolysis) is 1. The number of nitrogens with one attached hydrogen (secondary N) is 2. The monoisotopic (exact) mass is 433 g/mol. The Balaban J connectivity index is 3.07. The highest BCUT2D eigenvalue weighted by Crippen LogP contribution is 2.23. The molecule has 0 spiro atoms. The van der Waals surface area contributed by atoms with Gasteiger partial charge < -0.3 is 20.3 Å². The van der Waals surface area contributed by atoms with Gasteiger partial charge in [0.25, 0.3) is 0 Å². The summed E-state index contributed by atoms with van der Waals surface area (Å²) >= 11 is 0. The van der Waals surface area contributed by atoms with Crippen LogP contribution in [0.3, 0.4) is 0 Å². The van der Waals surface area contributed by atoms with Gasteiger partial charge >= 0.3 is 6.09 Å². The molecule has 174 valence electrons. The van der Waals surface area contributed by atoms with Gasteiger partial charge in [-0.15, -0.1) is 0 Å². The maximum atomic E-state index is 13.2. The molecule has 0 bridgehead atoms. The molecule has 1 aromatic carbocycles. The molecule has 0 aromatic heterocycles. The molecule has 31 heavy (non-hydrogen) atoms. The number of benzene rings is 1. The lowest BCUT2D eigenvalue weighted by Crippen LogP contribution is -2.49. The van der Waals surface area contributed by atoms with E-state index >= 15 is 0 Å². The molecule has 7 nitrogen and oxygen atoms in total. The molecular formula is C24H39N3O4. The van der Waals surface area contributed by atoms with Crippen molar-refractivity contribution in [2.24, 2.45) is 0 Å². The zero-order valence-electron chi connectivity index (χ0n) is 20.1. The van der Waals surface area contributed by atoms with Crippen LogP contribution in [0.15, 0.2) is 24.3 Å². The maximum Gasteiger partial charge on any atom is 0.408 e. The second kappa shape index (κ2) is 12.3. The van der Waals surface area contributed by atoms with Gasteiger partial charge in [-0.25, -0.2) is 4.79 Å². The van der Waals surface area contributed by atoms with Crippen molar-refractivity contribution in [1.82, 2.24) is 15.5 Å². The fourth-order valence-electron chi connectivity index (χ4n) is 3.30. The summed E-state index contributed by atoms with van der Waals surface area (Å²) in [6.45, 7) is 13.3. The minimum absolute atomic E-state index is 0.00334. The van der Waals surface area contributed by atoms with Gasteiger partial charge in [0.2, 0.25) is 11.8 Å². The van der Waals surface area contributed by atoms with E-state index in [1.54, 1.807) is 20.8 Å². The summed E-state index contributed by atoms with van der Waals surface area (Å²) in [5.74, 6) is -0.575. The molecule has 0 aliphatic carbocycles. The lowest BCUT2D eigenvalue weighted by atomic mass is 10.0. The van der Waals surface area contributed by atoms with E-state index in [0.29, 0.717) is 6.54 Å². The second-order valence-electron chi connectivity index (χ2n) is 8.73. The number of carbonyl (C=O) groups is 3.